The lowest BCUT2D eigenvalue weighted by atomic mass is 10.1. The van der Waals surface area contributed by atoms with Gasteiger partial charge in [0.25, 0.3) is 5.76 Å². The minimum absolute atomic E-state index is 0.0280. The molecule has 8 nitrogen and oxygen atoms in total. The summed E-state index contributed by atoms with van der Waals surface area (Å²) in [7, 11) is 4.34. The fourth-order valence-corrected chi connectivity index (χ4v) is 4.36. The van der Waals surface area contributed by atoms with Gasteiger partial charge in [-0.2, -0.15) is 13.2 Å². The minimum Gasteiger partial charge on any atom is -0.493 e. The molecule has 0 aliphatic rings. The first-order valence-corrected chi connectivity index (χ1v) is 12.7. The first kappa shape index (κ1) is 29.1. The number of methoxy groups -OCH3 is 3. The molecule has 1 heterocycles. The topological polar surface area (TPSA) is 93.4 Å². The smallest absolute Gasteiger partial charge is 0.453 e. The van der Waals surface area contributed by atoms with Gasteiger partial charge in [-0.15, -0.1) is 0 Å². The number of carbonyl (C=O) groups excluding carboxylic acids is 1. The maximum atomic E-state index is 14.0. The van der Waals surface area contributed by atoms with E-state index in [9.17, 15) is 22.8 Å². The van der Waals surface area contributed by atoms with Crippen molar-refractivity contribution in [2.75, 3.05) is 21.3 Å². The van der Waals surface area contributed by atoms with E-state index in [-0.39, 0.29) is 16.9 Å². The molecule has 0 aliphatic carbocycles. The molecular weight excluding hydrogens is 569 g/mol. The highest BCUT2D eigenvalue weighted by atomic mass is 19.4. The maximum absolute atomic E-state index is 14.0. The third kappa shape index (κ3) is 6.10. The number of fused-ring (bicyclic) bond motifs is 2. The molecule has 11 heteroatoms. The second-order valence-electron chi connectivity index (χ2n) is 9.07. The van der Waals surface area contributed by atoms with Gasteiger partial charge in [-0.1, -0.05) is 30.3 Å². The zero-order valence-electron chi connectivity index (χ0n) is 23.0. The van der Waals surface area contributed by atoms with Crippen molar-refractivity contribution in [3.63, 3.8) is 0 Å². The van der Waals surface area contributed by atoms with E-state index in [4.69, 9.17) is 28.1 Å². The highest BCUT2D eigenvalue weighted by Crippen LogP contribution is 2.40. The summed E-state index contributed by atoms with van der Waals surface area (Å²) in [4.78, 5) is 25.7. The molecule has 0 fully saturated rings. The number of halogens is 3. The molecule has 0 bridgehead atoms. The molecule has 5 rings (SSSR count). The van der Waals surface area contributed by atoms with Crippen LogP contribution in [-0.2, 0) is 11.0 Å². The maximum Gasteiger partial charge on any atom is 0.453 e. The van der Waals surface area contributed by atoms with Crippen molar-refractivity contribution < 1.29 is 46.1 Å². The highest BCUT2D eigenvalue weighted by Gasteiger charge is 2.40. The number of hydrogen-bond acceptors (Lipinski definition) is 8. The summed E-state index contributed by atoms with van der Waals surface area (Å²) < 4.78 is 73.7. The summed E-state index contributed by atoms with van der Waals surface area (Å²) in [6, 6.07) is 18.5. The molecule has 0 spiro atoms. The van der Waals surface area contributed by atoms with Crippen LogP contribution in [0.3, 0.4) is 0 Å². The van der Waals surface area contributed by atoms with Crippen LogP contribution in [0.25, 0.3) is 27.8 Å². The molecule has 0 aliphatic heterocycles. The van der Waals surface area contributed by atoms with Crippen LogP contribution in [0.4, 0.5) is 13.2 Å². The molecule has 0 amide bonds. The Labute approximate surface area is 242 Å². The van der Waals surface area contributed by atoms with Crippen molar-refractivity contribution in [1.29, 1.82) is 0 Å². The van der Waals surface area contributed by atoms with E-state index in [1.165, 1.54) is 51.7 Å². The molecule has 0 atom stereocenters. The van der Waals surface area contributed by atoms with Crippen LogP contribution in [-0.4, -0.2) is 27.3 Å². The van der Waals surface area contributed by atoms with Crippen LogP contribution in [0.2, 0.25) is 0 Å². The Morgan fingerprint density at radius 1 is 0.791 bits per heavy atom. The first-order chi connectivity index (χ1) is 20.6. The Bertz CT molecular complexity index is 1900. The van der Waals surface area contributed by atoms with E-state index in [2.05, 4.69) is 0 Å². The lowest BCUT2D eigenvalue weighted by Crippen LogP contribution is -2.15. The summed E-state index contributed by atoms with van der Waals surface area (Å²) in [5.41, 5.74) is -0.964. The zero-order chi connectivity index (χ0) is 30.7. The second-order valence-corrected chi connectivity index (χ2v) is 9.07. The fourth-order valence-electron chi connectivity index (χ4n) is 4.36. The number of benzene rings is 4. The van der Waals surface area contributed by atoms with Gasteiger partial charge < -0.3 is 28.1 Å². The molecule has 220 valence electrons. The van der Waals surface area contributed by atoms with Crippen LogP contribution in [0.15, 0.2) is 88.1 Å². The average molecular weight is 593 g/mol. The molecule has 0 radical (unpaired) electrons. The van der Waals surface area contributed by atoms with Crippen molar-refractivity contribution in [1.82, 2.24) is 0 Å². The number of rotatable bonds is 8. The van der Waals surface area contributed by atoms with Gasteiger partial charge in [-0.05, 0) is 58.8 Å². The lowest BCUT2D eigenvalue weighted by molar-refractivity contribution is -0.154. The molecule has 43 heavy (non-hydrogen) atoms. The Morgan fingerprint density at radius 3 is 2.12 bits per heavy atom. The largest absolute Gasteiger partial charge is 0.493 e. The lowest BCUT2D eigenvalue weighted by Gasteiger charge is -2.14. The van der Waals surface area contributed by atoms with Crippen molar-refractivity contribution in [2.24, 2.45) is 0 Å². The molecule has 4 aromatic carbocycles. The van der Waals surface area contributed by atoms with Gasteiger partial charge >= 0.3 is 12.1 Å². The van der Waals surface area contributed by atoms with E-state index in [1.807, 2.05) is 12.1 Å². The summed E-state index contributed by atoms with van der Waals surface area (Å²) in [6.07, 6.45) is -2.54. The molecule has 1 aromatic heterocycles. The Morgan fingerprint density at radius 2 is 1.47 bits per heavy atom. The van der Waals surface area contributed by atoms with Gasteiger partial charge in [-0.3, -0.25) is 4.79 Å². The van der Waals surface area contributed by atoms with E-state index >= 15 is 0 Å². The van der Waals surface area contributed by atoms with Crippen molar-refractivity contribution in [3.05, 3.63) is 100 Å². The Hall–Kier alpha value is -5.45. The van der Waals surface area contributed by atoms with Gasteiger partial charge in [0.05, 0.1) is 26.7 Å². The molecule has 0 saturated heterocycles. The van der Waals surface area contributed by atoms with Crippen molar-refractivity contribution in [2.45, 2.75) is 6.18 Å². The van der Waals surface area contributed by atoms with Gasteiger partial charge in [0.1, 0.15) is 17.1 Å². The molecule has 5 aromatic rings. The predicted molar refractivity (Wildman–Crippen MR) is 152 cm³/mol. The number of alkyl halides is 3. The van der Waals surface area contributed by atoms with E-state index in [0.717, 1.165) is 17.5 Å². The quantitative estimate of drug-likeness (QED) is 0.105. The fraction of sp³-hybridized carbons (Fsp3) is 0.125. The van der Waals surface area contributed by atoms with Gasteiger partial charge in [0.15, 0.2) is 11.5 Å². The molecule has 0 saturated carbocycles. The molecule has 0 unspecified atom stereocenters. The van der Waals surface area contributed by atoms with Gasteiger partial charge in [-0.25, -0.2) is 4.79 Å². The number of carbonyl (C=O) groups is 1. The van der Waals surface area contributed by atoms with E-state index < -0.39 is 34.7 Å². The second kappa shape index (κ2) is 11.8. The van der Waals surface area contributed by atoms with E-state index in [0.29, 0.717) is 28.2 Å². The summed E-state index contributed by atoms with van der Waals surface area (Å²) in [6.45, 7) is 0. The first-order valence-electron chi connectivity index (χ1n) is 12.7. The number of hydrogen-bond donors (Lipinski definition) is 0. The van der Waals surface area contributed by atoms with Gasteiger partial charge in [0, 0.05) is 12.1 Å². The Kier molecular flexibility index (Phi) is 7.98. The van der Waals surface area contributed by atoms with Crippen LogP contribution in [0, 0.1) is 0 Å². The summed E-state index contributed by atoms with van der Waals surface area (Å²) in [5.74, 6) is -2.49. The molecular formula is C32H23F3O8. The third-order valence-electron chi connectivity index (χ3n) is 6.34. The van der Waals surface area contributed by atoms with Crippen molar-refractivity contribution >= 4 is 33.8 Å². The average Bonchev–Trinajstić information content (AvgIpc) is 3.00. The van der Waals surface area contributed by atoms with Crippen LogP contribution < -0.4 is 29.1 Å². The number of ether oxygens (including phenoxy) is 5. The van der Waals surface area contributed by atoms with Crippen LogP contribution in [0.1, 0.15) is 11.3 Å². The SMILES string of the molecule is COc1cc(C=CC(=O)Oc2ccc3c(=O)c(Oc4ccc5ccccc5c4)c(C(F)(F)F)oc3c2)cc(OC)c1OC. The summed E-state index contributed by atoms with van der Waals surface area (Å²) in [5, 5.41) is 1.36. The normalized spacial score (nSPS) is 11.6. The summed E-state index contributed by atoms with van der Waals surface area (Å²) >= 11 is 0. The van der Waals surface area contributed by atoms with Crippen molar-refractivity contribution in [3.8, 4) is 34.5 Å². The predicted octanol–water partition coefficient (Wildman–Crippen LogP) is 7.40. The van der Waals surface area contributed by atoms with Crippen LogP contribution >= 0.6 is 0 Å². The third-order valence-corrected chi connectivity index (χ3v) is 6.34. The minimum atomic E-state index is -5.06. The monoisotopic (exact) mass is 592 g/mol. The standard InChI is InChI=1S/C32H23F3O8/c1-38-25-14-18(15-26(39-2)29(25)40-3)8-13-27(36)41-22-11-12-23-24(17-22)43-31(32(33,34)35)30(28(23)37)42-21-10-9-19-6-4-5-7-20(19)16-21/h4-17H,1-3H3. The zero-order valence-corrected chi connectivity index (χ0v) is 23.0. The Balaban J connectivity index is 1.43. The van der Waals surface area contributed by atoms with Crippen LogP contribution in [0.5, 0.6) is 34.5 Å². The highest BCUT2D eigenvalue weighted by molar-refractivity contribution is 5.90. The number of esters is 1. The van der Waals surface area contributed by atoms with Gasteiger partial charge in [0.2, 0.25) is 16.9 Å². The molecule has 0 N–H and O–H groups in total. The van der Waals surface area contributed by atoms with E-state index in [1.54, 1.807) is 30.3 Å².